The minimum atomic E-state index is 0.227. The summed E-state index contributed by atoms with van der Waals surface area (Å²) in [6.07, 6.45) is 23.1. The molecule has 1 aliphatic rings. The molecule has 1 saturated carbocycles. The monoisotopic (exact) mass is 522 g/mol. The highest BCUT2D eigenvalue weighted by molar-refractivity contribution is 4.92. The SMILES string of the molecule is CCCCCCC(C1CC1)C(OCCCC#N)C(CCCCC#N)C(CCCCC#N)CCCCCC#N. The van der Waals surface area contributed by atoms with Crippen LogP contribution >= 0.6 is 0 Å². The van der Waals surface area contributed by atoms with Crippen molar-refractivity contribution in [3.05, 3.63) is 0 Å². The van der Waals surface area contributed by atoms with Gasteiger partial charge in [0, 0.05) is 32.3 Å². The molecule has 0 aromatic heterocycles. The van der Waals surface area contributed by atoms with Gasteiger partial charge in [0.15, 0.2) is 0 Å². The molecule has 1 fully saturated rings. The van der Waals surface area contributed by atoms with Crippen LogP contribution in [0.4, 0.5) is 0 Å². The van der Waals surface area contributed by atoms with E-state index in [1.807, 2.05) is 0 Å². The van der Waals surface area contributed by atoms with Crippen LogP contribution in [0.3, 0.4) is 0 Å². The van der Waals surface area contributed by atoms with E-state index in [2.05, 4.69) is 31.2 Å². The van der Waals surface area contributed by atoms with Crippen LogP contribution in [-0.4, -0.2) is 12.7 Å². The molecule has 0 aromatic carbocycles. The van der Waals surface area contributed by atoms with Crippen molar-refractivity contribution in [3.63, 3.8) is 0 Å². The van der Waals surface area contributed by atoms with Crippen molar-refractivity contribution in [1.82, 2.24) is 0 Å². The molecule has 4 unspecified atom stereocenters. The third-order valence-electron chi connectivity index (χ3n) is 8.36. The molecule has 0 aliphatic heterocycles. The second kappa shape index (κ2) is 24.0. The van der Waals surface area contributed by atoms with E-state index in [9.17, 15) is 0 Å². The van der Waals surface area contributed by atoms with Crippen LogP contribution in [-0.2, 0) is 4.74 Å². The topological polar surface area (TPSA) is 104 Å². The number of unbranched alkanes of at least 4 members (excludes halogenated alkanes) is 11. The highest BCUT2D eigenvalue weighted by Gasteiger charge is 2.42. The molecule has 0 spiro atoms. The number of rotatable bonds is 26. The number of hydrogen-bond donors (Lipinski definition) is 0. The summed E-state index contributed by atoms with van der Waals surface area (Å²) in [6, 6.07) is 9.19. The maximum Gasteiger partial charge on any atom is 0.0636 e. The van der Waals surface area contributed by atoms with Gasteiger partial charge in [-0.15, -0.1) is 0 Å². The van der Waals surface area contributed by atoms with E-state index in [-0.39, 0.29) is 6.10 Å². The summed E-state index contributed by atoms with van der Waals surface area (Å²) in [5.74, 6) is 2.38. The van der Waals surface area contributed by atoms with Gasteiger partial charge in [0.05, 0.1) is 30.4 Å². The molecule has 5 heteroatoms. The van der Waals surface area contributed by atoms with Crippen molar-refractivity contribution in [2.45, 2.75) is 154 Å². The van der Waals surface area contributed by atoms with Crippen molar-refractivity contribution in [2.75, 3.05) is 6.61 Å². The molecule has 0 aromatic rings. The molecule has 0 heterocycles. The van der Waals surface area contributed by atoms with Gasteiger partial charge in [-0.05, 0) is 75.0 Å². The first-order valence-electron chi connectivity index (χ1n) is 15.8. The zero-order valence-electron chi connectivity index (χ0n) is 24.3. The molecule has 212 valence electrons. The highest BCUT2D eigenvalue weighted by Crippen LogP contribution is 2.47. The lowest BCUT2D eigenvalue weighted by Gasteiger charge is -2.39. The summed E-state index contributed by atoms with van der Waals surface area (Å²) in [6.45, 7) is 2.93. The molecule has 1 rings (SSSR count). The molecule has 38 heavy (non-hydrogen) atoms. The number of ether oxygens (including phenoxy) is 1. The second-order valence-corrected chi connectivity index (χ2v) is 11.4. The van der Waals surface area contributed by atoms with Gasteiger partial charge in [-0.3, -0.25) is 0 Å². The summed E-state index contributed by atoms with van der Waals surface area (Å²) in [5, 5.41) is 36.3. The van der Waals surface area contributed by atoms with Gasteiger partial charge in [-0.25, -0.2) is 0 Å². The lowest BCUT2D eigenvalue weighted by molar-refractivity contribution is -0.0598. The van der Waals surface area contributed by atoms with E-state index in [1.165, 1.54) is 44.9 Å². The molecule has 4 atom stereocenters. The number of nitriles is 4. The van der Waals surface area contributed by atoms with Gasteiger partial charge < -0.3 is 4.74 Å². The Labute approximate surface area is 234 Å². The first-order chi connectivity index (χ1) is 18.7. The molecule has 0 radical (unpaired) electrons. The van der Waals surface area contributed by atoms with Gasteiger partial charge in [0.25, 0.3) is 0 Å². The van der Waals surface area contributed by atoms with E-state index < -0.39 is 0 Å². The van der Waals surface area contributed by atoms with E-state index >= 15 is 0 Å². The lowest BCUT2D eigenvalue weighted by atomic mass is 9.72. The fourth-order valence-corrected chi connectivity index (χ4v) is 6.16. The standard InChI is InChI=1S/C33H54N4O/c1-2-3-4-11-20-32(30-22-23-30)33(38-28-17-16-27-37)31(21-12-8-15-26-36)29(19-10-7-14-25-35)18-9-5-6-13-24-34/h29-33H,2-23,28H2,1H3. The molecular weight excluding hydrogens is 468 g/mol. The maximum atomic E-state index is 9.13. The third kappa shape index (κ3) is 16.0. The van der Waals surface area contributed by atoms with Crippen LogP contribution in [0.5, 0.6) is 0 Å². The Hall–Kier alpha value is -2.08. The molecular formula is C33H54N4O. The summed E-state index contributed by atoms with van der Waals surface area (Å²) >= 11 is 0. The first-order valence-corrected chi connectivity index (χ1v) is 15.8. The Morgan fingerprint density at radius 2 is 1.11 bits per heavy atom. The van der Waals surface area contributed by atoms with Crippen LogP contribution in [0, 0.1) is 69.0 Å². The summed E-state index contributed by atoms with van der Waals surface area (Å²) < 4.78 is 6.83. The Kier molecular flexibility index (Phi) is 21.4. The van der Waals surface area contributed by atoms with Gasteiger partial charge in [0.2, 0.25) is 0 Å². The third-order valence-corrected chi connectivity index (χ3v) is 8.36. The molecule has 0 saturated heterocycles. The van der Waals surface area contributed by atoms with Crippen LogP contribution < -0.4 is 0 Å². The van der Waals surface area contributed by atoms with Gasteiger partial charge in [-0.1, -0.05) is 71.1 Å². The lowest BCUT2D eigenvalue weighted by Crippen LogP contribution is -2.38. The second-order valence-electron chi connectivity index (χ2n) is 11.4. The Morgan fingerprint density at radius 3 is 1.68 bits per heavy atom. The molecule has 1 aliphatic carbocycles. The van der Waals surface area contributed by atoms with Crippen molar-refractivity contribution >= 4 is 0 Å². The summed E-state index contributed by atoms with van der Waals surface area (Å²) in [5.41, 5.74) is 0. The molecule has 5 nitrogen and oxygen atoms in total. The summed E-state index contributed by atoms with van der Waals surface area (Å²) in [4.78, 5) is 0. The van der Waals surface area contributed by atoms with E-state index in [0.29, 0.717) is 50.0 Å². The molecule has 0 N–H and O–H groups in total. The zero-order chi connectivity index (χ0) is 27.7. The number of nitrogens with zero attached hydrogens (tertiary/aromatic N) is 4. The average Bonchev–Trinajstić information content (AvgIpc) is 3.77. The average molecular weight is 523 g/mol. The van der Waals surface area contributed by atoms with E-state index in [0.717, 1.165) is 76.5 Å². The van der Waals surface area contributed by atoms with Gasteiger partial charge in [-0.2, -0.15) is 21.0 Å². The smallest absolute Gasteiger partial charge is 0.0636 e. The first kappa shape index (κ1) is 33.9. The van der Waals surface area contributed by atoms with E-state index in [1.54, 1.807) is 0 Å². The van der Waals surface area contributed by atoms with Crippen molar-refractivity contribution in [3.8, 4) is 24.3 Å². The molecule has 0 bridgehead atoms. The quantitative estimate of drug-likeness (QED) is 0.105. The summed E-state index contributed by atoms with van der Waals surface area (Å²) in [7, 11) is 0. The molecule has 0 amide bonds. The van der Waals surface area contributed by atoms with Crippen molar-refractivity contribution in [2.24, 2.45) is 23.7 Å². The van der Waals surface area contributed by atoms with Crippen LogP contribution in [0.15, 0.2) is 0 Å². The fourth-order valence-electron chi connectivity index (χ4n) is 6.16. The van der Waals surface area contributed by atoms with Crippen LogP contribution in [0.2, 0.25) is 0 Å². The van der Waals surface area contributed by atoms with Gasteiger partial charge in [0.1, 0.15) is 0 Å². The largest absolute Gasteiger partial charge is 0.378 e. The van der Waals surface area contributed by atoms with Gasteiger partial charge >= 0.3 is 0 Å². The minimum Gasteiger partial charge on any atom is -0.378 e. The Morgan fingerprint density at radius 1 is 0.605 bits per heavy atom. The van der Waals surface area contributed by atoms with Crippen LogP contribution in [0.25, 0.3) is 0 Å². The van der Waals surface area contributed by atoms with Crippen molar-refractivity contribution < 1.29 is 4.74 Å². The predicted molar refractivity (Wildman–Crippen MR) is 153 cm³/mol. The Bertz CT molecular complexity index is 736. The highest BCUT2D eigenvalue weighted by atomic mass is 16.5. The minimum absolute atomic E-state index is 0.227. The zero-order valence-corrected chi connectivity index (χ0v) is 24.3. The van der Waals surface area contributed by atoms with Crippen molar-refractivity contribution in [1.29, 1.82) is 21.0 Å². The Balaban J connectivity index is 3.15. The number of hydrogen-bond acceptors (Lipinski definition) is 5. The predicted octanol–water partition coefficient (Wildman–Crippen LogP) is 9.55. The van der Waals surface area contributed by atoms with E-state index in [4.69, 9.17) is 25.8 Å². The normalized spacial score (nSPS) is 15.9. The fraction of sp³-hybridized carbons (Fsp3) is 0.879. The maximum absolute atomic E-state index is 9.13. The van der Waals surface area contributed by atoms with Crippen LogP contribution in [0.1, 0.15) is 148 Å².